The Morgan fingerprint density at radius 1 is 1.25 bits per heavy atom. The van der Waals surface area contributed by atoms with E-state index in [4.69, 9.17) is 5.40 Å². The number of nitrogens with two attached hydrogens (primary N) is 1. The van der Waals surface area contributed by atoms with E-state index in [0.29, 0.717) is 0 Å². The molecule has 8 heavy (non-hydrogen) atoms. The van der Waals surface area contributed by atoms with Crippen LogP contribution < -0.4 is 5.40 Å². The topological polar surface area (TPSA) is 32.5 Å². The molecule has 1 heterocycles. The van der Waals surface area contributed by atoms with Gasteiger partial charge in [0, 0.05) is 12.4 Å². The first kappa shape index (κ1) is 5.65. The molecule has 0 aromatic heterocycles. The van der Waals surface area contributed by atoms with Crippen LogP contribution in [0.25, 0.3) is 0 Å². The molecule has 0 radical (unpaired) electrons. The molecule has 0 bridgehead atoms. The molecule has 1 aliphatic heterocycles. The molecule has 1 rings (SSSR count). The van der Waals surface area contributed by atoms with Gasteiger partial charge in [-0.2, -0.15) is 0 Å². The van der Waals surface area contributed by atoms with Gasteiger partial charge < -0.3 is 14.5 Å². The monoisotopic (exact) mass is 129 g/mol. The van der Waals surface area contributed by atoms with Crippen LogP contribution in [0.15, 0.2) is 12.4 Å². The van der Waals surface area contributed by atoms with Gasteiger partial charge in [-0.25, -0.2) is 0 Å². The maximum absolute atomic E-state index is 5.75. The van der Waals surface area contributed by atoms with Gasteiger partial charge in [-0.15, -0.1) is 0 Å². The Kier molecular flexibility index (Phi) is 1.27. The van der Waals surface area contributed by atoms with Crippen LogP contribution in [0.5, 0.6) is 0 Å². The average molecular weight is 129 g/mol. The van der Waals surface area contributed by atoms with Crippen LogP contribution in [-0.2, 0) is 0 Å². The average Bonchev–Trinajstić information content (AvgIpc) is 1.98. The molecule has 0 spiro atoms. The number of hydrogen-bond donors (Lipinski definition) is 1. The van der Waals surface area contributed by atoms with Crippen molar-refractivity contribution in [1.82, 2.24) is 9.13 Å². The Hall–Kier alpha value is -0.483. The van der Waals surface area contributed by atoms with Gasteiger partial charge in [0.2, 0.25) is 0 Å². The standard InChI is InChI=1S/C4H11N3Si/c1-6-3-4-7(2)8(6)5/h3-4,8H,5H2,1-2H3. The van der Waals surface area contributed by atoms with Crippen LogP contribution in [0.4, 0.5) is 0 Å². The van der Waals surface area contributed by atoms with Gasteiger partial charge in [-0.1, -0.05) is 0 Å². The molecular formula is C4H11N3Si. The summed E-state index contributed by atoms with van der Waals surface area (Å²) in [7, 11) is 2.84. The highest BCUT2D eigenvalue weighted by Gasteiger charge is 2.17. The van der Waals surface area contributed by atoms with Crippen molar-refractivity contribution >= 4 is 9.28 Å². The van der Waals surface area contributed by atoms with E-state index in [9.17, 15) is 0 Å². The minimum atomic E-state index is -1.18. The van der Waals surface area contributed by atoms with Crippen LogP contribution >= 0.6 is 0 Å². The summed E-state index contributed by atoms with van der Waals surface area (Å²) in [5, 5.41) is 5.75. The van der Waals surface area contributed by atoms with Crippen molar-refractivity contribution in [3.8, 4) is 0 Å². The van der Waals surface area contributed by atoms with Gasteiger partial charge in [0.15, 0.2) is 0 Å². The lowest BCUT2D eigenvalue weighted by Crippen LogP contribution is -2.48. The van der Waals surface area contributed by atoms with Crippen LogP contribution in [-0.4, -0.2) is 32.5 Å². The van der Waals surface area contributed by atoms with Crippen LogP contribution in [0.1, 0.15) is 0 Å². The predicted octanol–water partition coefficient (Wildman–Crippen LogP) is -0.989. The second-order valence-electron chi connectivity index (χ2n) is 2.04. The number of nitrogens with zero attached hydrogens (tertiary/aromatic N) is 2. The summed E-state index contributed by atoms with van der Waals surface area (Å²) >= 11 is 0. The van der Waals surface area contributed by atoms with E-state index in [1.54, 1.807) is 0 Å². The Labute approximate surface area is 51.2 Å². The summed E-state index contributed by atoms with van der Waals surface area (Å²) in [4.78, 5) is 0. The minimum Gasteiger partial charge on any atom is -0.379 e. The zero-order valence-corrected chi connectivity index (χ0v) is 6.36. The summed E-state index contributed by atoms with van der Waals surface area (Å²) in [5.41, 5.74) is 0. The maximum Gasteiger partial charge on any atom is 0.326 e. The third-order valence-corrected chi connectivity index (χ3v) is 3.38. The van der Waals surface area contributed by atoms with Crippen molar-refractivity contribution in [1.29, 1.82) is 0 Å². The van der Waals surface area contributed by atoms with Gasteiger partial charge in [-0.3, -0.25) is 0 Å². The third kappa shape index (κ3) is 0.718. The van der Waals surface area contributed by atoms with E-state index in [0.717, 1.165) is 0 Å². The first-order valence-corrected chi connectivity index (χ1v) is 4.29. The zero-order valence-electron chi connectivity index (χ0n) is 5.20. The van der Waals surface area contributed by atoms with Crippen molar-refractivity contribution in [3.05, 3.63) is 12.4 Å². The fourth-order valence-electron chi connectivity index (χ4n) is 0.674. The van der Waals surface area contributed by atoms with E-state index in [1.165, 1.54) is 0 Å². The van der Waals surface area contributed by atoms with Gasteiger partial charge in [-0.05, 0) is 14.1 Å². The predicted molar refractivity (Wildman–Crippen MR) is 36.0 cm³/mol. The van der Waals surface area contributed by atoms with Crippen molar-refractivity contribution in [2.75, 3.05) is 14.1 Å². The van der Waals surface area contributed by atoms with Gasteiger partial charge >= 0.3 is 9.28 Å². The SMILES string of the molecule is CN1C=CN(C)[SiH]1N. The van der Waals surface area contributed by atoms with Crippen LogP contribution in [0, 0.1) is 0 Å². The first-order valence-electron chi connectivity index (χ1n) is 2.59. The maximum atomic E-state index is 5.75. The van der Waals surface area contributed by atoms with Gasteiger partial charge in [0.25, 0.3) is 0 Å². The quantitative estimate of drug-likeness (QED) is 0.426. The fraction of sp³-hybridized carbons (Fsp3) is 0.500. The molecule has 4 heteroatoms. The van der Waals surface area contributed by atoms with E-state index in [2.05, 4.69) is 9.13 Å². The molecule has 0 aliphatic carbocycles. The minimum absolute atomic E-state index is 1.18. The van der Waals surface area contributed by atoms with Crippen molar-refractivity contribution in [2.45, 2.75) is 0 Å². The molecule has 46 valence electrons. The van der Waals surface area contributed by atoms with E-state index in [1.807, 2.05) is 26.5 Å². The largest absolute Gasteiger partial charge is 0.379 e. The molecular weight excluding hydrogens is 118 g/mol. The van der Waals surface area contributed by atoms with Crippen molar-refractivity contribution < 1.29 is 0 Å². The Morgan fingerprint density at radius 3 is 1.75 bits per heavy atom. The fourth-order valence-corrected chi connectivity index (χ4v) is 1.76. The molecule has 3 nitrogen and oxygen atoms in total. The molecule has 0 aromatic rings. The van der Waals surface area contributed by atoms with E-state index in [-0.39, 0.29) is 0 Å². The first-order chi connectivity index (χ1) is 3.72. The summed E-state index contributed by atoms with van der Waals surface area (Å²) in [5.74, 6) is 0. The lowest BCUT2D eigenvalue weighted by atomic mass is 10.9. The third-order valence-electron chi connectivity index (χ3n) is 1.37. The van der Waals surface area contributed by atoms with Crippen molar-refractivity contribution in [3.63, 3.8) is 0 Å². The molecule has 0 unspecified atom stereocenters. The molecule has 0 atom stereocenters. The highest BCUT2D eigenvalue weighted by Crippen LogP contribution is 2.00. The van der Waals surface area contributed by atoms with Crippen LogP contribution in [0.3, 0.4) is 0 Å². The molecule has 2 N–H and O–H groups in total. The van der Waals surface area contributed by atoms with E-state index >= 15 is 0 Å². The lowest BCUT2D eigenvalue weighted by Gasteiger charge is -2.19. The molecule has 0 saturated carbocycles. The highest BCUT2D eigenvalue weighted by atomic mass is 28.3. The summed E-state index contributed by atoms with van der Waals surface area (Å²) in [6, 6.07) is 0. The van der Waals surface area contributed by atoms with Crippen molar-refractivity contribution in [2.24, 2.45) is 5.40 Å². The Morgan fingerprint density at radius 2 is 1.62 bits per heavy atom. The number of hydrogen-bond acceptors (Lipinski definition) is 3. The van der Waals surface area contributed by atoms with Crippen LogP contribution in [0.2, 0.25) is 0 Å². The second-order valence-corrected chi connectivity index (χ2v) is 4.50. The molecule has 0 aromatic carbocycles. The van der Waals surface area contributed by atoms with Gasteiger partial charge in [0.05, 0.1) is 0 Å². The molecule has 0 fully saturated rings. The van der Waals surface area contributed by atoms with E-state index < -0.39 is 9.28 Å². The number of rotatable bonds is 0. The van der Waals surface area contributed by atoms with Gasteiger partial charge in [0.1, 0.15) is 0 Å². The zero-order chi connectivity index (χ0) is 6.15. The lowest BCUT2D eigenvalue weighted by molar-refractivity contribution is 0.642. The summed E-state index contributed by atoms with van der Waals surface area (Å²) in [6.45, 7) is 0. The normalized spacial score (nSPS) is 20.9. The Bertz CT molecular complexity index is 102. The molecule has 0 amide bonds. The highest BCUT2D eigenvalue weighted by molar-refractivity contribution is 6.50. The molecule has 1 aliphatic rings. The Balaban J connectivity index is 2.55. The smallest absolute Gasteiger partial charge is 0.326 e. The summed E-state index contributed by atoms with van der Waals surface area (Å²) < 4.78 is 4.17. The second kappa shape index (κ2) is 1.79. The summed E-state index contributed by atoms with van der Waals surface area (Å²) in [6.07, 6.45) is 4.02. The molecule has 0 saturated heterocycles.